The van der Waals surface area contributed by atoms with Crippen LogP contribution in [0.4, 0.5) is 4.79 Å². The largest absolute Gasteiger partial charge is 0.469 e. The lowest BCUT2D eigenvalue weighted by Gasteiger charge is -2.38. The van der Waals surface area contributed by atoms with Gasteiger partial charge in [-0.2, -0.15) is 0 Å². The molecule has 0 saturated carbocycles. The number of amides is 2. The van der Waals surface area contributed by atoms with Gasteiger partial charge in [0.25, 0.3) is 0 Å². The zero-order valence-corrected chi connectivity index (χ0v) is 15.1. The summed E-state index contributed by atoms with van der Waals surface area (Å²) in [4.78, 5) is 39.7. The van der Waals surface area contributed by atoms with Crippen molar-refractivity contribution in [3.05, 3.63) is 48.0 Å². The zero-order valence-electron chi connectivity index (χ0n) is 15.1. The summed E-state index contributed by atoms with van der Waals surface area (Å²) in [6.07, 6.45) is 2.05. The molecule has 2 rings (SSSR count). The summed E-state index contributed by atoms with van der Waals surface area (Å²) in [5.74, 6) is -0.861. The molecule has 2 amide bonds. The van der Waals surface area contributed by atoms with Crippen LogP contribution in [0.2, 0.25) is 0 Å². The highest BCUT2D eigenvalue weighted by molar-refractivity contribution is 5.85. The molecule has 0 saturated heterocycles. The number of benzene rings is 1. The maximum Gasteiger partial charge on any atom is 0.329 e. The number of hydrogen-bond acceptors (Lipinski definition) is 5. The molecule has 0 bridgehead atoms. The molecule has 7 heteroatoms. The van der Waals surface area contributed by atoms with Gasteiger partial charge in [-0.05, 0) is 11.1 Å². The van der Waals surface area contributed by atoms with Gasteiger partial charge < -0.3 is 19.3 Å². The first-order valence-electron chi connectivity index (χ1n) is 8.39. The molecule has 0 aromatic heterocycles. The summed E-state index contributed by atoms with van der Waals surface area (Å²) in [7, 11) is 2.61. The molecule has 0 spiro atoms. The van der Waals surface area contributed by atoms with Gasteiger partial charge >= 0.3 is 18.0 Å². The van der Waals surface area contributed by atoms with E-state index in [1.807, 2.05) is 24.3 Å². The molecule has 26 heavy (non-hydrogen) atoms. The summed E-state index contributed by atoms with van der Waals surface area (Å²) in [6, 6.07) is 6.66. The molecule has 0 unspecified atom stereocenters. The van der Waals surface area contributed by atoms with Gasteiger partial charge in [-0.25, -0.2) is 9.59 Å². The van der Waals surface area contributed by atoms with E-state index in [4.69, 9.17) is 4.74 Å². The third-order valence-corrected chi connectivity index (χ3v) is 4.40. The number of rotatable bonds is 6. The Morgan fingerprint density at radius 2 is 1.92 bits per heavy atom. The number of methoxy groups -OCH3 is 2. The quantitative estimate of drug-likeness (QED) is 0.571. The Hall–Kier alpha value is -2.83. The van der Waals surface area contributed by atoms with E-state index in [1.54, 1.807) is 6.08 Å². The predicted octanol–water partition coefficient (Wildman–Crippen LogP) is 1.76. The van der Waals surface area contributed by atoms with Gasteiger partial charge in [0.15, 0.2) is 0 Å². The number of carbonyl (C=O) groups is 3. The molecule has 7 nitrogen and oxygen atoms in total. The van der Waals surface area contributed by atoms with Crippen molar-refractivity contribution in [1.29, 1.82) is 0 Å². The van der Waals surface area contributed by atoms with Gasteiger partial charge in [0.2, 0.25) is 0 Å². The third kappa shape index (κ3) is 4.41. The lowest BCUT2D eigenvalue weighted by molar-refractivity contribution is -0.147. The number of hydrogen-bond donors (Lipinski definition) is 0. The molecule has 1 aromatic rings. The lowest BCUT2D eigenvalue weighted by atomic mass is 9.94. The van der Waals surface area contributed by atoms with Crippen LogP contribution < -0.4 is 0 Å². The van der Waals surface area contributed by atoms with Gasteiger partial charge in [-0.1, -0.05) is 30.3 Å². The summed E-state index contributed by atoms with van der Waals surface area (Å²) in [5, 5.41) is 0. The highest BCUT2D eigenvalue weighted by Gasteiger charge is 2.37. The van der Waals surface area contributed by atoms with Crippen LogP contribution in [0.15, 0.2) is 36.9 Å². The van der Waals surface area contributed by atoms with Crippen molar-refractivity contribution >= 4 is 18.0 Å². The summed E-state index contributed by atoms with van der Waals surface area (Å²) in [6.45, 7) is 4.42. The van der Waals surface area contributed by atoms with E-state index in [0.29, 0.717) is 13.0 Å². The van der Waals surface area contributed by atoms with E-state index < -0.39 is 18.0 Å². The van der Waals surface area contributed by atoms with Crippen molar-refractivity contribution in [2.45, 2.75) is 25.4 Å². The topological polar surface area (TPSA) is 76.2 Å². The fraction of sp³-hybridized carbons (Fsp3) is 0.421. The number of urea groups is 1. The Morgan fingerprint density at radius 1 is 1.23 bits per heavy atom. The molecule has 1 aliphatic heterocycles. The summed E-state index contributed by atoms with van der Waals surface area (Å²) < 4.78 is 9.53. The van der Waals surface area contributed by atoms with Crippen molar-refractivity contribution in [3.63, 3.8) is 0 Å². The molecule has 1 heterocycles. The van der Waals surface area contributed by atoms with E-state index in [1.165, 1.54) is 24.0 Å². The molecule has 1 atom stereocenters. The van der Waals surface area contributed by atoms with Gasteiger partial charge in [0.1, 0.15) is 6.04 Å². The average molecular weight is 360 g/mol. The molecule has 0 fully saturated rings. The van der Waals surface area contributed by atoms with Crippen LogP contribution in [0.1, 0.15) is 17.5 Å². The molecular formula is C19H24N2O5. The highest BCUT2D eigenvalue weighted by atomic mass is 16.5. The Morgan fingerprint density at radius 3 is 2.54 bits per heavy atom. The number of fused-ring (bicyclic) bond motifs is 1. The fourth-order valence-electron chi connectivity index (χ4n) is 3.00. The van der Waals surface area contributed by atoms with Crippen LogP contribution in [0.25, 0.3) is 0 Å². The molecule has 0 radical (unpaired) electrons. The summed E-state index contributed by atoms with van der Waals surface area (Å²) >= 11 is 0. The minimum atomic E-state index is -0.701. The molecular weight excluding hydrogens is 336 g/mol. The Kier molecular flexibility index (Phi) is 6.77. The van der Waals surface area contributed by atoms with Crippen molar-refractivity contribution in [2.24, 2.45) is 0 Å². The number of nitrogens with zero attached hydrogens (tertiary/aromatic N) is 2. The molecule has 0 aliphatic carbocycles. The van der Waals surface area contributed by atoms with Gasteiger partial charge in [-0.15, -0.1) is 6.58 Å². The second-order valence-electron chi connectivity index (χ2n) is 5.98. The van der Waals surface area contributed by atoms with Crippen molar-refractivity contribution in [1.82, 2.24) is 9.80 Å². The Labute approximate surface area is 153 Å². The second kappa shape index (κ2) is 9.03. The molecule has 1 aromatic carbocycles. The Balaban J connectivity index is 2.25. The lowest BCUT2D eigenvalue weighted by Crippen LogP contribution is -2.54. The second-order valence-corrected chi connectivity index (χ2v) is 5.98. The smallest absolute Gasteiger partial charge is 0.329 e. The highest BCUT2D eigenvalue weighted by Crippen LogP contribution is 2.25. The van der Waals surface area contributed by atoms with Gasteiger partial charge in [0, 0.05) is 26.1 Å². The maximum atomic E-state index is 13.1. The van der Waals surface area contributed by atoms with E-state index >= 15 is 0 Å². The van der Waals surface area contributed by atoms with E-state index in [-0.39, 0.29) is 25.5 Å². The van der Waals surface area contributed by atoms with Crippen LogP contribution in [-0.4, -0.2) is 61.1 Å². The normalized spacial score (nSPS) is 15.6. The molecule has 140 valence electrons. The van der Waals surface area contributed by atoms with Crippen LogP contribution in [0.5, 0.6) is 0 Å². The van der Waals surface area contributed by atoms with E-state index in [2.05, 4.69) is 11.3 Å². The third-order valence-electron chi connectivity index (χ3n) is 4.40. The first-order chi connectivity index (χ1) is 12.5. The molecule has 1 aliphatic rings. The van der Waals surface area contributed by atoms with Crippen LogP contribution in [-0.2, 0) is 32.0 Å². The van der Waals surface area contributed by atoms with Crippen molar-refractivity contribution in [2.75, 3.05) is 27.3 Å². The number of carbonyl (C=O) groups excluding carboxylic acids is 3. The molecule has 0 N–H and O–H groups in total. The maximum absolute atomic E-state index is 13.1. The standard InChI is InChI=1S/C19H24N2O5/c1-4-10-20(11-9-17(22)25-2)19(24)21-13-15-8-6-5-7-14(15)12-16(21)18(23)26-3/h4-8,16H,1,9-13H2,2-3H3/t16-/m0/s1. The first-order valence-corrected chi connectivity index (χ1v) is 8.39. The number of ether oxygens (including phenoxy) is 2. The SMILES string of the molecule is C=CCN(CCC(=O)OC)C(=O)N1Cc2ccccc2C[C@H]1C(=O)OC. The predicted molar refractivity (Wildman–Crippen MR) is 95.3 cm³/mol. The van der Waals surface area contributed by atoms with Crippen molar-refractivity contribution in [3.8, 4) is 0 Å². The van der Waals surface area contributed by atoms with Gasteiger partial charge in [-0.3, -0.25) is 4.79 Å². The Bertz CT molecular complexity index is 688. The number of esters is 2. The monoisotopic (exact) mass is 360 g/mol. The van der Waals surface area contributed by atoms with E-state index in [9.17, 15) is 14.4 Å². The average Bonchev–Trinajstić information content (AvgIpc) is 2.68. The minimum Gasteiger partial charge on any atom is -0.469 e. The van der Waals surface area contributed by atoms with Gasteiger partial charge in [0.05, 0.1) is 20.6 Å². The first kappa shape index (κ1) is 19.5. The van der Waals surface area contributed by atoms with E-state index in [0.717, 1.165) is 11.1 Å². The van der Waals surface area contributed by atoms with Crippen LogP contribution in [0.3, 0.4) is 0 Å². The zero-order chi connectivity index (χ0) is 19.1. The fourth-order valence-corrected chi connectivity index (χ4v) is 3.00. The minimum absolute atomic E-state index is 0.0728. The summed E-state index contributed by atoms with van der Waals surface area (Å²) in [5.41, 5.74) is 2.02. The van der Waals surface area contributed by atoms with Crippen molar-refractivity contribution < 1.29 is 23.9 Å². The van der Waals surface area contributed by atoms with Crippen LogP contribution >= 0.6 is 0 Å². The van der Waals surface area contributed by atoms with Crippen LogP contribution in [0, 0.1) is 0 Å².